The first-order chi connectivity index (χ1) is 16.1. The summed E-state index contributed by atoms with van der Waals surface area (Å²) in [5.74, 6) is 3.25. The summed E-state index contributed by atoms with van der Waals surface area (Å²) in [6, 6.07) is 15.8. The third-order valence-corrected chi connectivity index (χ3v) is 6.25. The number of benzene rings is 2. The second kappa shape index (κ2) is 11.2. The smallest absolute Gasteiger partial charge is 0.133 e. The topological polar surface area (TPSA) is 57.7 Å². The highest BCUT2D eigenvalue weighted by Gasteiger charge is 2.19. The first-order valence-corrected chi connectivity index (χ1v) is 12.0. The lowest BCUT2D eigenvalue weighted by molar-refractivity contribution is -0.121. The Balaban J connectivity index is 1.43. The summed E-state index contributed by atoms with van der Waals surface area (Å²) in [6.45, 7) is 5.90. The van der Waals surface area contributed by atoms with Crippen LogP contribution in [0.25, 0.3) is 10.9 Å². The Bertz CT molecular complexity index is 1080. The van der Waals surface area contributed by atoms with Gasteiger partial charge < -0.3 is 14.2 Å². The van der Waals surface area contributed by atoms with E-state index in [-0.39, 0.29) is 0 Å². The molecule has 1 aliphatic rings. The molecular weight excluding hydrogens is 414 g/mol. The van der Waals surface area contributed by atoms with E-state index in [4.69, 9.17) is 19.2 Å². The minimum Gasteiger partial charge on any atom is -0.493 e. The van der Waals surface area contributed by atoms with Gasteiger partial charge in [0.1, 0.15) is 29.6 Å². The van der Waals surface area contributed by atoms with Crippen molar-refractivity contribution in [1.29, 1.82) is 0 Å². The highest BCUT2D eigenvalue weighted by Crippen LogP contribution is 2.31. The number of ketones is 1. The molecule has 2 aromatic carbocycles. The van der Waals surface area contributed by atoms with Gasteiger partial charge in [0.2, 0.25) is 0 Å². The summed E-state index contributed by atoms with van der Waals surface area (Å²) in [4.78, 5) is 16.3. The zero-order chi connectivity index (χ0) is 23.0. The summed E-state index contributed by atoms with van der Waals surface area (Å²) in [5, 5.41) is 1.04. The van der Waals surface area contributed by atoms with Crippen molar-refractivity contribution < 1.29 is 19.0 Å². The highest BCUT2D eigenvalue weighted by molar-refractivity contribution is 5.86. The predicted molar refractivity (Wildman–Crippen MR) is 130 cm³/mol. The quantitative estimate of drug-likeness (QED) is 0.335. The van der Waals surface area contributed by atoms with Crippen molar-refractivity contribution in [3.63, 3.8) is 0 Å². The molecule has 0 spiro atoms. The van der Waals surface area contributed by atoms with Gasteiger partial charge in [0, 0.05) is 29.9 Å². The maximum Gasteiger partial charge on any atom is 0.133 e. The third-order valence-electron chi connectivity index (χ3n) is 6.25. The molecule has 0 amide bonds. The molecule has 0 aliphatic heterocycles. The standard InChI is InChI=1S/C28H33NO4/c1-3-4-16-31-28-20(2)27(29-26-11-6-5-10-25(26)28)19-33-24-9-7-8-23(17-24)32-18-21-12-14-22(30)15-13-21/h5-11,17,21H,3-4,12-16,18-19H2,1-2H3. The molecule has 0 N–H and O–H groups in total. The molecule has 0 bridgehead atoms. The molecular formula is C28H33NO4. The van der Waals surface area contributed by atoms with Gasteiger partial charge in [-0.05, 0) is 56.4 Å². The molecule has 5 nitrogen and oxygen atoms in total. The number of nitrogens with zero attached hydrogens (tertiary/aromatic N) is 1. The van der Waals surface area contributed by atoms with Crippen molar-refractivity contribution in [2.24, 2.45) is 5.92 Å². The number of fused-ring (bicyclic) bond motifs is 1. The predicted octanol–water partition coefficient (Wildman–Crippen LogP) is 6.44. The molecule has 1 saturated carbocycles. The van der Waals surface area contributed by atoms with Gasteiger partial charge in [-0.3, -0.25) is 4.79 Å². The number of ether oxygens (including phenoxy) is 3. The molecule has 5 heteroatoms. The van der Waals surface area contributed by atoms with Gasteiger partial charge in [-0.25, -0.2) is 4.98 Å². The molecule has 0 saturated heterocycles. The van der Waals surface area contributed by atoms with Crippen LogP contribution in [0, 0.1) is 12.8 Å². The van der Waals surface area contributed by atoms with Crippen LogP contribution in [0.15, 0.2) is 48.5 Å². The first kappa shape index (κ1) is 23.1. The number of hydrogen-bond donors (Lipinski definition) is 0. The van der Waals surface area contributed by atoms with Gasteiger partial charge in [-0.2, -0.15) is 0 Å². The lowest BCUT2D eigenvalue weighted by Gasteiger charge is -2.21. The number of aromatic nitrogens is 1. The van der Waals surface area contributed by atoms with Crippen molar-refractivity contribution in [1.82, 2.24) is 4.98 Å². The second-order valence-electron chi connectivity index (χ2n) is 8.79. The molecule has 174 valence electrons. The maximum atomic E-state index is 11.4. The number of pyridine rings is 1. The number of unbranched alkanes of at least 4 members (excludes halogenated alkanes) is 1. The molecule has 0 radical (unpaired) electrons. The Morgan fingerprint density at radius 2 is 1.73 bits per heavy atom. The van der Waals surface area contributed by atoms with Crippen LogP contribution in [0.5, 0.6) is 17.2 Å². The second-order valence-corrected chi connectivity index (χ2v) is 8.79. The van der Waals surface area contributed by atoms with Crippen LogP contribution in [0.3, 0.4) is 0 Å². The van der Waals surface area contributed by atoms with E-state index in [1.807, 2.05) is 49.4 Å². The van der Waals surface area contributed by atoms with Crippen LogP contribution in [0.1, 0.15) is 56.7 Å². The molecule has 3 aromatic rings. The summed E-state index contributed by atoms with van der Waals surface area (Å²) in [6.07, 6.45) is 5.31. The minimum atomic E-state index is 0.356. The number of carbonyl (C=O) groups is 1. The first-order valence-electron chi connectivity index (χ1n) is 12.0. The normalized spacial score (nSPS) is 14.4. The Morgan fingerprint density at radius 3 is 2.52 bits per heavy atom. The van der Waals surface area contributed by atoms with Crippen LogP contribution < -0.4 is 14.2 Å². The van der Waals surface area contributed by atoms with Gasteiger partial charge in [0.25, 0.3) is 0 Å². The monoisotopic (exact) mass is 447 g/mol. The molecule has 1 aliphatic carbocycles. The van der Waals surface area contributed by atoms with Crippen LogP contribution in [0.4, 0.5) is 0 Å². The van der Waals surface area contributed by atoms with E-state index in [0.717, 1.165) is 65.1 Å². The van der Waals surface area contributed by atoms with Crippen LogP contribution in [0.2, 0.25) is 0 Å². The van der Waals surface area contributed by atoms with Crippen molar-refractivity contribution in [2.75, 3.05) is 13.2 Å². The van der Waals surface area contributed by atoms with Crippen LogP contribution in [-0.4, -0.2) is 24.0 Å². The number of carbonyl (C=O) groups excluding carboxylic acids is 1. The fourth-order valence-electron chi connectivity index (χ4n) is 4.16. The Morgan fingerprint density at radius 1 is 0.970 bits per heavy atom. The van der Waals surface area contributed by atoms with E-state index in [9.17, 15) is 4.79 Å². The molecule has 4 rings (SSSR count). The highest BCUT2D eigenvalue weighted by atomic mass is 16.5. The Kier molecular flexibility index (Phi) is 7.82. The average Bonchev–Trinajstić information content (AvgIpc) is 2.84. The van der Waals surface area contributed by atoms with E-state index in [1.165, 1.54) is 0 Å². The SMILES string of the molecule is CCCCOc1c(C)c(COc2cccc(OCC3CCC(=O)CC3)c2)nc2ccccc12. The van der Waals surface area contributed by atoms with Crippen molar-refractivity contribution in [3.05, 3.63) is 59.8 Å². The molecule has 1 heterocycles. The molecule has 33 heavy (non-hydrogen) atoms. The summed E-state index contributed by atoms with van der Waals surface area (Å²) in [5.41, 5.74) is 2.80. The molecule has 0 unspecified atom stereocenters. The Labute approximate surface area is 196 Å². The largest absolute Gasteiger partial charge is 0.493 e. The van der Waals surface area contributed by atoms with Gasteiger partial charge >= 0.3 is 0 Å². The molecule has 1 fully saturated rings. The van der Waals surface area contributed by atoms with Gasteiger partial charge in [-0.15, -0.1) is 0 Å². The number of hydrogen-bond acceptors (Lipinski definition) is 5. The van der Waals surface area contributed by atoms with Gasteiger partial charge in [0.05, 0.1) is 24.4 Å². The zero-order valence-electron chi connectivity index (χ0n) is 19.6. The van der Waals surface area contributed by atoms with Gasteiger partial charge in [0.15, 0.2) is 0 Å². The van der Waals surface area contributed by atoms with E-state index >= 15 is 0 Å². The molecule has 0 atom stereocenters. The summed E-state index contributed by atoms with van der Waals surface area (Å²) >= 11 is 0. The van der Waals surface area contributed by atoms with Crippen molar-refractivity contribution in [3.8, 4) is 17.2 Å². The van der Waals surface area contributed by atoms with E-state index < -0.39 is 0 Å². The number of para-hydroxylation sites is 1. The fraction of sp³-hybridized carbons (Fsp3) is 0.429. The number of rotatable bonds is 10. The van der Waals surface area contributed by atoms with E-state index in [1.54, 1.807) is 0 Å². The lowest BCUT2D eigenvalue weighted by atomic mass is 9.89. The summed E-state index contributed by atoms with van der Waals surface area (Å²) in [7, 11) is 0. The fourth-order valence-corrected chi connectivity index (χ4v) is 4.16. The van der Waals surface area contributed by atoms with Crippen LogP contribution in [-0.2, 0) is 11.4 Å². The minimum absolute atomic E-state index is 0.356. The third kappa shape index (κ3) is 6.04. The van der Waals surface area contributed by atoms with Crippen molar-refractivity contribution in [2.45, 2.75) is 59.0 Å². The van der Waals surface area contributed by atoms with E-state index in [0.29, 0.717) is 44.4 Å². The van der Waals surface area contributed by atoms with Crippen molar-refractivity contribution >= 4 is 16.7 Å². The lowest BCUT2D eigenvalue weighted by Crippen LogP contribution is -2.19. The molecule has 1 aromatic heterocycles. The Hall–Kier alpha value is -3.08. The number of Topliss-reactive ketones (excluding diaryl/α,β-unsaturated/α-hetero) is 1. The summed E-state index contributed by atoms with van der Waals surface area (Å²) < 4.78 is 18.3. The van der Waals surface area contributed by atoms with Crippen LogP contribution >= 0.6 is 0 Å². The van der Waals surface area contributed by atoms with E-state index in [2.05, 4.69) is 13.0 Å². The average molecular weight is 448 g/mol. The zero-order valence-corrected chi connectivity index (χ0v) is 19.6. The maximum absolute atomic E-state index is 11.4. The van der Waals surface area contributed by atoms with Gasteiger partial charge in [-0.1, -0.05) is 31.5 Å².